The molecule has 3 aliphatic heterocycles. The van der Waals surface area contributed by atoms with E-state index in [0.717, 1.165) is 89.8 Å². The highest BCUT2D eigenvalue weighted by Crippen LogP contribution is 2.84. The van der Waals surface area contributed by atoms with Gasteiger partial charge < -0.3 is 29.2 Å². The van der Waals surface area contributed by atoms with Gasteiger partial charge in [-0.15, -0.1) is 0 Å². The predicted octanol–water partition coefficient (Wildman–Crippen LogP) is 7.22. The number of carboxylic acid groups (broad SMARTS) is 1. The van der Waals surface area contributed by atoms with Crippen LogP contribution in [0.15, 0.2) is 11.6 Å². The van der Waals surface area contributed by atoms with E-state index in [0.29, 0.717) is 43.2 Å². The summed E-state index contributed by atoms with van der Waals surface area (Å²) in [6.07, 6.45) is 19.0. The molecule has 8 rings (SSSR count). The number of ether oxygens (including phenoxy) is 2. The fourth-order valence-electron chi connectivity index (χ4n) is 14.9. The number of carbonyl (C=O) groups excluding carboxylic acids is 2. The highest BCUT2D eigenvalue weighted by atomic mass is 16.6. The third-order valence-corrected chi connectivity index (χ3v) is 17.6. The second kappa shape index (κ2) is 17.2. The first-order chi connectivity index (χ1) is 27.6. The highest BCUT2D eigenvalue weighted by Gasteiger charge is 2.86. The Labute approximate surface area is 343 Å². The lowest BCUT2D eigenvalue weighted by Crippen LogP contribution is -2.65. The highest BCUT2D eigenvalue weighted by molar-refractivity contribution is 5.90. The number of hydrogen-bond acceptors (Lipinski definition) is 8. The minimum absolute atomic E-state index is 0.0127. The third-order valence-electron chi connectivity index (χ3n) is 17.6. The Morgan fingerprint density at radius 2 is 1.70 bits per heavy atom. The van der Waals surface area contributed by atoms with Crippen molar-refractivity contribution in [2.45, 2.75) is 130 Å². The second-order valence-electron chi connectivity index (χ2n) is 20.5. The van der Waals surface area contributed by atoms with Crippen LogP contribution >= 0.6 is 0 Å². The van der Waals surface area contributed by atoms with Crippen LogP contribution in [0.2, 0.25) is 0 Å². The number of fused-ring (bicyclic) bond motifs is 2. The quantitative estimate of drug-likeness (QED) is 0.128. The van der Waals surface area contributed by atoms with E-state index in [9.17, 15) is 19.5 Å². The standard InChI is InChI=1S/C47H76N4O6/c1-5-48(24-25-56-44(55)51-22-20-50(21-23-51)19-11-18-49-16-9-6-10-17-49)31-41-36(26-35-12-7-8-13-35)27-42(57-41)46-30-38-34(4)14-15-39(38)45(32-52)29-37(46)28-40(33(2)3)47(45,46)43(53)54/h28,32-39,41-42H,5-27,29-31H2,1-4H3,(H,53,54)/t34-,36+,37?,38-,39-,41+,42-,45?,46?,47+/m1/s1. The van der Waals surface area contributed by atoms with Crippen molar-refractivity contribution in [2.75, 3.05) is 78.6 Å². The summed E-state index contributed by atoms with van der Waals surface area (Å²) in [5.74, 6) is 1.35. The van der Waals surface area contributed by atoms with Crippen LogP contribution in [0.3, 0.4) is 0 Å². The van der Waals surface area contributed by atoms with Gasteiger partial charge in [-0.2, -0.15) is 0 Å². The molecule has 10 nitrogen and oxygen atoms in total. The minimum atomic E-state index is -1.21. The summed E-state index contributed by atoms with van der Waals surface area (Å²) in [6.45, 7) is 19.4. The van der Waals surface area contributed by atoms with Gasteiger partial charge in [0, 0.05) is 44.7 Å². The molecule has 1 amide bonds. The lowest BCUT2D eigenvalue weighted by Gasteiger charge is -2.60. The molecular weight excluding hydrogens is 717 g/mol. The summed E-state index contributed by atoms with van der Waals surface area (Å²) < 4.78 is 13.4. The Morgan fingerprint density at radius 1 is 0.982 bits per heavy atom. The first kappa shape index (κ1) is 41.7. The number of likely N-dealkylation sites (tertiary alicyclic amines) is 1. The molecule has 10 heteroatoms. The maximum atomic E-state index is 14.3. The molecule has 10 atom stereocenters. The van der Waals surface area contributed by atoms with Gasteiger partial charge in [-0.1, -0.05) is 77.9 Å². The zero-order chi connectivity index (χ0) is 40.0. The Balaban J connectivity index is 0.928. The first-order valence-corrected chi connectivity index (χ1v) is 23.7. The minimum Gasteiger partial charge on any atom is -0.481 e. The van der Waals surface area contributed by atoms with Crippen molar-refractivity contribution in [3.05, 3.63) is 11.6 Å². The molecule has 4 bridgehead atoms. The van der Waals surface area contributed by atoms with E-state index in [1.807, 2.05) is 4.90 Å². The molecular formula is C47H76N4O6. The summed E-state index contributed by atoms with van der Waals surface area (Å²) in [7, 11) is 0. The largest absolute Gasteiger partial charge is 0.481 e. The van der Waals surface area contributed by atoms with Crippen LogP contribution in [0.1, 0.15) is 118 Å². The number of piperidine rings is 1. The fourth-order valence-corrected chi connectivity index (χ4v) is 14.9. The van der Waals surface area contributed by atoms with E-state index >= 15 is 0 Å². The molecule has 1 N–H and O–H groups in total. The van der Waals surface area contributed by atoms with Crippen LogP contribution in [-0.4, -0.2) is 134 Å². The number of aldehydes is 1. The average Bonchev–Trinajstić information content (AvgIpc) is 4.04. The van der Waals surface area contributed by atoms with E-state index in [4.69, 9.17) is 9.47 Å². The van der Waals surface area contributed by atoms with Crippen molar-refractivity contribution in [1.29, 1.82) is 0 Å². The number of nitrogens with zero attached hydrogens (tertiary/aromatic N) is 4. The van der Waals surface area contributed by atoms with Crippen LogP contribution in [0, 0.1) is 57.7 Å². The summed E-state index contributed by atoms with van der Waals surface area (Å²) >= 11 is 0. The van der Waals surface area contributed by atoms with Gasteiger partial charge in [-0.3, -0.25) is 14.6 Å². The van der Waals surface area contributed by atoms with E-state index < -0.39 is 22.2 Å². The first-order valence-electron chi connectivity index (χ1n) is 23.7. The number of rotatable bonds is 16. The third kappa shape index (κ3) is 7.14. The zero-order valence-corrected chi connectivity index (χ0v) is 36.0. The topological polar surface area (TPSA) is 103 Å². The molecule has 320 valence electrons. The van der Waals surface area contributed by atoms with E-state index in [1.165, 1.54) is 71.0 Å². The molecule has 5 aliphatic carbocycles. The van der Waals surface area contributed by atoms with Gasteiger partial charge >= 0.3 is 12.1 Å². The van der Waals surface area contributed by atoms with Crippen LogP contribution in [-0.2, 0) is 19.1 Å². The number of amides is 1. The summed E-state index contributed by atoms with van der Waals surface area (Å²) in [5.41, 5.74) is -1.68. The Morgan fingerprint density at radius 3 is 2.37 bits per heavy atom. The van der Waals surface area contributed by atoms with Gasteiger partial charge in [0.05, 0.1) is 17.6 Å². The SMILES string of the molecule is CCN(CCOC(=O)N1CCN(CCCN2CCCCC2)CC1)C[C@@H]1O[C@@H](C23C[C@@H]4[C@H](C)CC[C@H]4C4(C=O)CC2C=C(C(C)C)[C@]43C(=O)O)C[C@@H]1CC1CCCC1. The van der Waals surface area contributed by atoms with Crippen molar-refractivity contribution in [2.24, 2.45) is 57.7 Å². The molecule has 0 aromatic heterocycles. The molecule has 4 saturated carbocycles. The molecule has 8 aliphatic rings. The van der Waals surface area contributed by atoms with Crippen molar-refractivity contribution < 1.29 is 29.0 Å². The number of hydrogen-bond donors (Lipinski definition) is 1. The number of likely N-dealkylation sites (N-methyl/N-ethyl adjacent to an activating group) is 1. The molecule has 0 aromatic rings. The Bertz CT molecular complexity index is 1470. The summed E-state index contributed by atoms with van der Waals surface area (Å²) in [6, 6.07) is 0. The smallest absolute Gasteiger partial charge is 0.409 e. The second-order valence-corrected chi connectivity index (χ2v) is 20.5. The van der Waals surface area contributed by atoms with Gasteiger partial charge in [-0.05, 0) is 126 Å². The number of aliphatic carboxylic acids is 1. The van der Waals surface area contributed by atoms with Gasteiger partial charge in [-0.25, -0.2) is 4.79 Å². The predicted molar refractivity (Wildman–Crippen MR) is 222 cm³/mol. The Kier molecular flexibility index (Phi) is 12.6. The molecule has 0 aromatic carbocycles. The summed E-state index contributed by atoms with van der Waals surface area (Å²) in [4.78, 5) is 50.6. The average molecular weight is 793 g/mol. The van der Waals surface area contributed by atoms with Crippen molar-refractivity contribution in [3.63, 3.8) is 0 Å². The van der Waals surface area contributed by atoms with E-state index in [-0.39, 0.29) is 36.1 Å². The molecule has 0 radical (unpaired) electrons. The van der Waals surface area contributed by atoms with Crippen molar-refractivity contribution in [3.8, 4) is 0 Å². The number of allylic oxidation sites excluding steroid dienone is 1. The van der Waals surface area contributed by atoms with Gasteiger partial charge in [0.2, 0.25) is 0 Å². The monoisotopic (exact) mass is 793 g/mol. The maximum Gasteiger partial charge on any atom is 0.409 e. The molecule has 7 fully saturated rings. The van der Waals surface area contributed by atoms with Crippen LogP contribution in [0.25, 0.3) is 0 Å². The zero-order valence-electron chi connectivity index (χ0n) is 36.0. The molecule has 3 unspecified atom stereocenters. The van der Waals surface area contributed by atoms with E-state index in [2.05, 4.69) is 48.5 Å². The van der Waals surface area contributed by atoms with E-state index in [1.54, 1.807) is 0 Å². The van der Waals surface area contributed by atoms with Gasteiger partial charge in [0.25, 0.3) is 0 Å². The molecule has 3 heterocycles. The molecule has 3 saturated heterocycles. The number of carbonyl (C=O) groups is 3. The van der Waals surface area contributed by atoms with Crippen molar-refractivity contribution in [1.82, 2.24) is 19.6 Å². The van der Waals surface area contributed by atoms with Crippen molar-refractivity contribution >= 4 is 18.3 Å². The van der Waals surface area contributed by atoms with Crippen LogP contribution in [0.4, 0.5) is 4.79 Å². The van der Waals surface area contributed by atoms with Gasteiger partial charge in [0.1, 0.15) is 18.3 Å². The number of carboxylic acids is 1. The molecule has 0 spiro atoms. The molecule has 57 heavy (non-hydrogen) atoms. The maximum absolute atomic E-state index is 14.3. The summed E-state index contributed by atoms with van der Waals surface area (Å²) in [5, 5.41) is 11.7. The number of piperazine rings is 1. The Hall–Kier alpha value is -2.01. The lowest BCUT2D eigenvalue weighted by molar-refractivity contribution is -0.197. The van der Waals surface area contributed by atoms with Crippen LogP contribution < -0.4 is 0 Å². The van der Waals surface area contributed by atoms with Crippen LogP contribution in [0.5, 0.6) is 0 Å². The van der Waals surface area contributed by atoms with Gasteiger partial charge in [0.15, 0.2) is 0 Å². The normalized spacial score (nSPS) is 39.6. The lowest BCUT2D eigenvalue weighted by atomic mass is 9.41. The fraction of sp³-hybridized carbons (Fsp3) is 0.894.